The fourth-order valence-corrected chi connectivity index (χ4v) is 4.60. The average Bonchev–Trinajstić information content (AvgIpc) is 2.94. The molecule has 0 amide bonds. The predicted octanol–water partition coefficient (Wildman–Crippen LogP) is 4.75. The number of benzene rings is 2. The highest BCUT2D eigenvalue weighted by Gasteiger charge is 2.48. The number of hydrogen-bond acceptors (Lipinski definition) is 3. The van der Waals surface area contributed by atoms with Crippen LogP contribution in [0.25, 0.3) is 0 Å². The fourth-order valence-electron chi connectivity index (χ4n) is 4.48. The Hall–Kier alpha value is -2.52. The van der Waals surface area contributed by atoms with Gasteiger partial charge in [0.15, 0.2) is 11.6 Å². The fraction of sp³-hybridized carbons (Fsp3) is 0.227. The number of aliphatic imine (C=N–C) groups is 1. The number of allylic oxidation sites excluding steroid dienone is 2. The molecule has 0 N–H and O–H groups in total. The maximum absolute atomic E-state index is 13.2. The van der Waals surface area contributed by atoms with Crippen LogP contribution in [-0.4, -0.2) is 17.3 Å². The molecule has 0 aromatic heterocycles. The lowest BCUT2D eigenvalue weighted by molar-refractivity contribution is -0.116. The highest BCUT2D eigenvalue weighted by molar-refractivity contribution is 6.31. The molecule has 0 unspecified atom stereocenters. The average molecular weight is 362 g/mol. The molecule has 4 heteroatoms. The van der Waals surface area contributed by atoms with Gasteiger partial charge >= 0.3 is 0 Å². The molecule has 128 valence electrons. The molecule has 1 heterocycles. The van der Waals surface area contributed by atoms with Crippen LogP contribution < -0.4 is 0 Å². The van der Waals surface area contributed by atoms with E-state index in [1.165, 1.54) is 0 Å². The zero-order valence-electron chi connectivity index (χ0n) is 14.0. The number of rotatable bonds is 1. The van der Waals surface area contributed by atoms with Gasteiger partial charge in [-0.3, -0.25) is 14.6 Å². The van der Waals surface area contributed by atoms with E-state index >= 15 is 0 Å². The topological polar surface area (TPSA) is 46.5 Å². The van der Waals surface area contributed by atoms with Gasteiger partial charge in [-0.2, -0.15) is 0 Å². The van der Waals surface area contributed by atoms with Crippen molar-refractivity contribution in [2.75, 3.05) is 0 Å². The number of hydrogen-bond donors (Lipinski definition) is 0. The molecule has 5 rings (SSSR count). The minimum absolute atomic E-state index is 0.0595. The van der Waals surface area contributed by atoms with Crippen LogP contribution in [0.15, 0.2) is 64.8 Å². The Morgan fingerprint density at radius 1 is 0.885 bits per heavy atom. The number of nitrogens with zero attached hydrogens (tertiary/aromatic N) is 1. The summed E-state index contributed by atoms with van der Waals surface area (Å²) >= 11 is 6.06. The molecule has 3 aliphatic rings. The van der Waals surface area contributed by atoms with Gasteiger partial charge in [-0.05, 0) is 30.5 Å². The molecule has 2 aliphatic carbocycles. The summed E-state index contributed by atoms with van der Waals surface area (Å²) in [6.07, 6.45) is 2.14. The Morgan fingerprint density at radius 2 is 1.62 bits per heavy atom. The van der Waals surface area contributed by atoms with Gasteiger partial charge in [0.2, 0.25) is 0 Å². The van der Waals surface area contributed by atoms with Crippen LogP contribution in [0.3, 0.4) is 0 Å². The maximum atomic E-state index is 13.2. The van der Waals surface area contributed by atoms with Gasteiger partial charge in [0.25, 0.3) is 0 Å². The molecule has 2 atom stereocenters. The first-order chi connectivity index (χ1) is 12.6. The Kier molecular flexibility index (Phi) is 3.47. The van der Waals surface area contributed by atoms with Crippen molar-refractivity contribution in [1.29, 1.82) is 0 Å². The standard InChI is InChI=1S/C22H16ClNO2/c23-13-10-8-12(9-11-13)18-19-16(6-3-7-17(19)25)24-21-14-4-1-2-5-15(14)22(26)20(18)21/h1-2,4-5,8-11,18,20H,3,6-7H2/t18-,20+/m0/s1. The molecular formula is C22H16ClNO2. The minimum Gasteiger partial charge on any atom is -0.294 e. The van der Waals surface area contributed by atoms with E-state index in [9.17, 15) is 9.59 Å². The summed E-state index contributed by atoms with van der Waals surface area (Å²) in [7, 11) is 0. The molecule has 26 heavy (non-hydrogen) atoms. The lowest BCUT2D eigenvalue weighted by Gasteiger charge is -2.33. The van der Waals surface area contributed by atoms with Gasteiger partial charge < -0.3 is 0 Å². The van der Waals surface area contributed by atoms with Crippen LogP contribution in [0.2, 0.25) is 5.02 Å². The SMILES string of the molecule is O=C1CCCC2=C1[C@H](c1ccc(Cl)cc1)[C@H]1C(=O)c3ccccc3C1=N2. The van der Waals surface area contributed by atoms with Crippen molar-refractivity contribution < 1.29 is 9.59 Å². The Labute approximate surface area is 156 Å². The van der Waals surface area contributed by atoms with Crippen molar-refractivity contribution in [3.8, 4) is 0 Å². The number of halogens is 1. The van der Waals surface area contributed by atoms with Crippen LogP contribution in [0, 0.1) is 5.92 Å². The highest BCUT2D eigenvalue weighted by atomic mass is 35.5. The van der Waals surface area contributed by atoms with E-state index in [0.29, 0.717) is 17.0 Å². The van der Waals surface area contributed by atoms with Crippen LogP contribution in [-0.2, 0) is 4.79 Å². The van der Waals surface area contributed by atoms with Crippen LogP contribution in [0.4, 0.5) is 0 Å². The van der Waals surface area contributed by atoms with E-state index in [0.717, 1.165) is 41.0 Å². The minimum atomic E-state index is -0.422. The van der Waals surface area contributed by atoms with E-state index in [4.69, 9.17) is 16.6 Å². The predicted molar refractivity (Wildman–Crippen MR) is 101 cm³/mol. The van der Waals surface area contributed by atoms with Gasteiger partial charge in [0.1, 0.15) is 0 Å². The van der Waals surface area contributed by atoms with E-state index < -0.39 is 5.92 Å². The van der Waals surface area contributed by atoms with E-state index in [1.54, 1.807) is 0 Å². The summed E-state index contributed by atoms with van der Waals surface area (Å²) in [5, 5.41) is 0.642. The summed E-state index contributed by atoms with van der Waals surface area (Å²) < 4.78 is 0. The Morgan fingerprint density at radius 3 is 2.38 bits per heavy atom. The van der Waals surface area contributed by atoms with Crippen molar-refractivity contribution in [3.63, 3.8) is 0 Å². The van der Waals surface area contributed by atoms with E-state index in [2.05, 4.69) is 0 Å². The van der Waals surface area contributed by atoms with Gasteiger partial charge in [-0.25, -0.2) is 0 Å². The second-order valence-electron chi connectivity index (χ2n) is 7.05. The first-order valence-electron chi connectivity index (χ1n) is 8.89. The second-order valence-corrected chi connectivity index (χ2v) is 7.49. The third-order valence-electron chi connectivity index (χ3n) is 5.60. The van der Waals surface area contributed by atoms with Gasteiger partial charge in [0.05, 0.1) is 11.6 Å². The van der Waals surface area contributed by atoms with Crippen molar-refractivity contribution in [2.45, 2.75) is 25.2 Å². The largest absolute Gasteiger partial charge is 0.294 e. The van der Waals surface area contributed by atoms with Crippen molar-refractivity contribution in [1.82, 2.24) is 0 Å². The van der Waals surface area contributed by atoms with Gasteiger partial charge in [0, 0.05) is 39.8 Å². The van der Waals surface area contributed by atoms with Crippen molar-refractivity contribution in [2.24, 2.45) is 10.9 Å². The molecule has 0 saturated heterocycles. The van der Waals surface area contributed by atoms with E-state index in [-0.39, 0.29) is 17.5 Å². The molecule has 0 spiro atoms. The van der Waals surface area contributed by atoms with Gasteiger partial charge in [-0.15, -0.1) is 0 Å². The van der Waals surface area contributed by atoms with Crippen molar-refractivity contribution >= 4 is 28.9 Å². The zero-order chi connectivity index (χ0) is 17.8. The molecule has 2 aromatic rings. The number of ketones is 2. The Bertz CT molecular complexity index is 1020. The first kappa shape index (κ1) is 15.7. The molecule has 3 nitrogen and oxygen atoms in total. The molecule has 1 aliphatic heterocycles. The number of carbonyl (C=O) groups is 2. The lowest BCUT2D eigenvalue weighted by atomic mass is 9.71. The second kappa shape index (κ2) is 5.75. The van der Waals surface area contributed by atoms with Gasteiger partial charge in [-0.1, -0.05) is 48.0 Å². The van der Waals surface area contributed by atoms with Crippen LogP contribution in [0.5, 0.6) is 0 Å². The maximum Gasteiger partial charge on any atom is 0.173 e. The highest BCUT2D eigenvalue weighted by Crippen LogP contribution is 2.48. The quantitative estimate of drug-likeness (QED) is 0.736. The normalized spacial score (nSPS) is 24.1. The molecule has 2 aromatic carbocycles. The van der Waals surface area contributed by atoms with E-state index in [1.807, 2.05) is 48.5 Å². The summed E-state index contributed by atoms with van der Waals surface area (Å²) in [4.78, 5) is 30.8. The summed E-state index contributed by atoms with van der Waals surface area (Å²) in [5.41, 5.74) is 4.98. The zero-order valence-corrected chi connectivity index (χ0v) is 14.8. The van der Waals surface area contributed by atoms with Crippen LogP contribution >= 0.6 is 11.6 Å². The summed E-state index contributed by atoms with van der Waals surface area (Å²) in [6, 6.07) is 15.1. The number of carbonyl (C=O) groups excluding carboxylic acids is 2. The molecule has 0 bridgehead atoms. The first-order valence-corrected chi connectivity index (χ1v) is 9.27. The Balaban J connectivity index is 1.76. The monoisotopic (exact) mass is 361 g/mol. The van der Waals surface area contributed by atoms with Crippen molar-refractivity contribution in [3.05, 3.63) is 81.5 Å². The molecule has 0 fully saturated rings. The van der Waals surface area contributed by atoms with Crippen LogP contribution in [0.1, 0.15) is 46.7 Å². The molecular weight excluding hydrogens is 346 g/mol. The number of fused-ring (bicyclic) bond motifs is 3. The summed E-state index contributed by atoms with van der Waals surface area (Å²) in [6.45, 7) is 0. The lowest BCUT2D eigenvalue weighted by Crippen LogP contribution is -2.33. The summed E-state index contributed by atoms with van der Waals surface area (Å²) in [5.74, 6) is -0.515. The molecule has 0 radical (unpaired) electrons. The third kappa shape index (κ3) is 2.17. The smallest absolute Gasteiger partial charge is 0.173 e. The number of Topliss-reactive ketones (excluding diaryl/α,β-unsaturated/α-hetero) is 2. The molecule has 0 saturated carbocycles. The third-order valence-corrected chi connectivity index (χ3v) is 5.86.